The van der Waals surface area contributed by atoms with Crippen molar-refractivity contribution in [3.63, 3.8) is 0 Å². The lowest BCUT2D eigenvalue weighted by atomic mass is 10.2. The highest BCUT2D eigenvalue weighted by atomic mass is 32.2. The Bertz CT molecular complexity index is 91.6. The summed E-state index contributed by atoms with van der Waals surface area (Å²) in [6, 6.07) is 0.429. The Labute approximate surface area is 71.5 Å². The van der Waals surface area contributed by atoms with Crippen LogP contribution in [0.5, 0.6) is 0 Å². The van der Waals surface area contributed by atoms with Gasteiger partial charge < -0.3 is 5.73 Å². The number of thioether (sulfide) groups is 2. The summed E-state index contributed by atoms with van der Waals surface area (Å²) < 4.78 is 0. The van der Waals surface area contributed by atoms with E-state index >= 15 is 0 Å². The molecule has 1 unspecified atom stereocenters. The van der Waals surface area contributed by atoms with Gasteiger partial charge in [-0.2, -0.15) is 23.5 Å². The van der Waals surface area contributed by atoms with E-state index in [0.29, 0.717) is 6.04 Å². The van der Waals surface area contributed by atoms with Gasteiger partial charge in [0.05, 0.1) is 0 Å². The third-order valence-electron chi connectivity index (χ3n) is 1.79. The molecule has 0 amide bonds. The van der Waals surface area contributed by atoms with E-state index < -0.39 is 0 Å². The van der Waals surface area contributed by atoms with Gasteiger partial charge in [0.25, 0.3) is 0 Å². The van der Waals surface area contributed by atoms with Gasteiger partial charge in [0.2, 0.25) is 0 Å². The third kappa shape index (κ3) is 2.36. The lowest BCUT2D eigenvalue weighted by molar-refractivity contribution is 0.646. The molecule has 60 valence electrons. The highest BCUT2D eigenvalue weighted by molar-refractivity contribution is 8.06. The summed E-state index contributed by atoms with van der Waals surface area (Å²) in [6.07, 6.45) is 1.12. The van der Waals surface area contributed by atoms with Crippen LogP contribution in [0.2, 0.25) is 0 Å². The second-order valence-corrected chi connectivity index (χ2v) is 5.05. The number of rotatable bonds is 2. The van der Waals surface area contributed by atoms with Crippen LogP contribution in [0, 0.1) is 0 Å². The van der Waals surface area contributed by atoms with Crippen molar-refractivity contribution in [2.45, 2.75) is 24.6 Å². The molecular formula is C7H15NS2. The summed E-state index contributed by atoms with van der Waals surface area (Å²) in [4.78, 5) is 0. The topological polar surface area (TPSA) is 26.0 Å². The Morgan fingerprint density at radius 1 is 1.60 bits per heavy atom. The van der Waals surface area contributed by atoms with E-state index in [-0.39, 0.29) is 0 Å². The molecule has 0 bridgehead atoms. The first kappa shape index (κ1) is 8.75. The van der Waals surface area contributed by atoms with E-state index in [9.17, 15) is 0 Å². The zero-order valence-electron chi connectivity index (χ0n) is 6.38. The zero-order valence-corrected chi connectivity index (χ0v) is 8.01. The molecule has 0 aromatic rings. The number of hydrogen-bond acceptors (Lipinski definition) is 3. The minimum absolute atomic E-state index is 0.429. The quantitative estimate of drug-likeness (QED) is 0.693. The molecular weight excluding hydrogens is 162 g/mol. The second-order valence-electron chi connectivity index (χ2n) is 2.56. The van der Waals surface area contributed by atoms with Gasteiger partial charge in [-0.1, -0.05) is 6.92 Å². The molecule has 1 rings (SSSR count). The molecule has 0 spiro atoms. The Morgan fingerprint density at radius 3 is 2.90 bits per heavy atom. The molecule has 1 aliphatic heterocycles. The predicted molar refractivity (Wildman–Crippen MR) is 51.8 cm³/mol. The highest BCUT2D eigenvalue weighted by Crippen LogP contribution is 2.26. The van der Waals surface area contributed by atoms with Gasteiger partial charge >= 0.3 is 0 Å². The largest absolute Gasteiger partial charge is 0.327 e. The van der Waals surface area contributed by atoms with Crippen molar-refractivity contribution in [3.8, 4) is 0 Å². The van der Waals surface area contributed by atoms with Crippen LogP contribution < -0.4 is 5.73 Å². The van der Waals surface area contributed by atoms with Crippen LogP contribution in [-0.4, -0.2) is 28.6 Å². The van der Waals surface area contributed by atoms with Crippen molar-refractivity contribution in [1.82, 2.24) is 0 Å². The molecule has 0 saturated carbocycles. The van der Waals surface area contributed by atoms with Crippen molar-refractivity contribution in [3.05, 3.63) is 0 Å². The molecule has 10 heavy (non-hydrogen) atoms. The van der Waals surface area contributed by atoms with E-state index in [1.807, 2.05) is 11.8 Å². The van der Waals surface area contributed by atoms with Crippen LogP contribution in [-0.2, 0) is 0 Å². The average Bonchev–Trinajstić information content (AvgIpc) is 2.05. The molecule has 1 saturated heterocycles. The monoisotopic (exact) mass is 177 g/mol. The molecule has 2 N–H and O–H groups in total. The molecule has 0 radical (unpaired) electrons. The molecule has 0 aliphatic carbocycles. The first-order valence-corrected chi connectivity index (χ1v) is 6.00. The van der Waals surface area contributed by atoms with Gasteiger partial charge in [0, 0.05) is 28.6 Å². The molecule has 0 aromatic carbocycles. The molecule has 1 aliphatic rings. The van der Waals surface area contributed by atoms with Crippen molar-refractivity contribution in [1.29, 1.82) is 0 Å². The SMILES string of the molecule is CC[C@@H](N)C1CSCCS1. The Kier molecular flexibility index (Phi) is 3.96. The van der Waals surface area contributed by atoms with E-state index in [2.05, 4.69) is 18.7 Å². The highest BCUT2D eigenvalue weighted by Gasteiger charge is 2.19. The molecule has 3 heteroatoms. The van der Waals surface area contributed by atoms with Crippen LogP contribution in [0.3, 0.4) is 0 Å². The first-order chi connectivity index (χ1) is 4.84. The normalized spacial score (nSPS) is 30.0. The summed E-state index contributed by atoms with van der Waals surface area (Å²) in [5.41, 5.74) is 5.91. The Hall–Kier alpha value is 0.660. The molecule has 0 aromatic heterocycles. The van der Waals surface area contributed by atoms with Gasteiger partial charge in [0.15, 0.2) is 0 Å². The fourth-order valence-corrected chi connectivity index (χ4v) is 3.93. The van der Waals surface area contributed by atoms with Crippen LogP contribution in [0.15, 0.2) is 0 Å². The summed E-state index contributed by atoms with van der Waals surface area (Å²) in [6.45, 7) is 2.17. The standard InChI is InChI=1S/C7H15NS2/c1-2-6(8)7-5-9-3-4-10-7/h6-7H,2-5,8H2,1H3/t6-,7?/m1/s1. The predicted octanol–water partition coefficient (Wildman–Crippen LogP) is 1.57. The Morgan fingerprint density at radius 2 is 2.40 bits per heavy atom. The van der Waals surface area contributed by atoms with Crippen LogP contribution in [0.1, 0.15) is 13.3 Å². The molecule has 2 atom stereocenters. The summed E-state index contributed by atoms with van der Waals surface area (Å²) >= 11 is 4.10. The number of hydrogen-bond donors (Lipinski definition) is 1. The van der Waals surface area contributed by atoms with Gasteiger partial charge in [-0.3, -0.25) is 0 Å². The van der Waals surface area contributed by atoms with E-state index in [1.165, 1.54) is 17.3 Å². The van der Waals surface area contributed by atoms with E-state index in [1.54, 1.807) is 0 Å². The van der Waals surface area contributed by atoms with Gasteiger partial charge in [-0.25, -0.2) is 0 Å². The van der Waals surface area contributed by atoms with E-state index in [4.69, 9.17) is 5.73 Å². The third-order valence-corrected chi connectivity index (χ3v) is 4.73. The summed E-state index contributed by atoms with van der Waals surface area (Å²) in [7, 11) is 0. The maximum absolute atomic E-state index is 5.91. The fourth-order valence-electron chi connectivity index (χ4n) is 1.02. The minimum atomic E-state index is 0.429. The second kappa shape index (κ2) is 4.52. The number of nitrogens with two attached hydrogens (primary N) is 1. The van der Waals surface area contributed by atoms with Crippen LogP contribution in [0.4, 0.5) is 0 Å². The summed E-state index contributed by atoms with van der Waals surface area (Å²) in [5, 5.41) is 0.726. The van der Waals surface area contributed by atoms with E-state index in [0.717, 1.165) is 11.7 Å². The lowest BCUT2D eigenvalue weighted by Crippen LogP contribution is -2.35. The minimum Gasteiger partial charge on any atom is -0.327 e. The maximum atomic E-state index is 5.91. The van der Waals surface area contributed by atoms with Crippen molar-refractivity contribution >= 4 is 23.5 Å². The van der Waals surface area contributed by atoms with Crippen molar-refractivity contribution in [2.75, 3.05) is 17.3 Å². The lowest BCUT2D eigenvalue weighted by Gasteiger charge is -2.25. The molecule has 1 fully saturated rings. The Balaban J connectivity index is 2.24. The fraction of sp³-hybridized carbons (Fsp3) is 1.00. The maximum Gasteiger partial charge on any atom is 0.0289 e. The van der Waals surface area contributed by atoms with Gasteiger partial charge in [0.1, 0.15) is 0 Å². The van der Waals surface area contributed by atoms with Crippen LogP contribution >= 0.6 is 23.5 Å². The van der Waals surface area contributed by atoms with Crippen molar-refractivity contribution < 1.29 is 0 Å². The smallest absolute Gasteiger partial charge is 0.0289 e. The van der Waals surface area contributed by atoms with Gasteiger partial charge in [-0.05, 0) is 6.42 Å². The van der Waals surface area contributed by atoms with Gasteiger partial charge in [-0.15, -0.1) is 0 Å². The average molecular weight is 177 g/mol. The molecule has 1 heterocycles. The zero-order chi connectivity index (χ0) is 7.40. The van der Waals surface area contributed by atoms with Crippen LogP contribution in [0.25, 0.3) is 0 Å². The first-order valence-electron chi connectivity index (χ1n) is 3.79. The summed E-state index contributed by atoms with van der Waals surface area (Å²) in [5.74, 6) is 3.88. The molecule has 1 nitrogen and oxygen atoms in total. The van der Waals surface area contributed by atoms with Crippen molar-refractivity contribution in [2.24, 2.45) is 5.73 Å².